The van der Waals surface area contributed by atoms with Crippen LogP contribution in [0.5, 0.6) is 0 Å². The Balaban J connectivity index is 2.25. The summed E-state index contributed by atoms with van der Waals surface area (Å²) in [7, 11) is 0. The largest absolute Gasteiger partial charge is 0.398 e. The highest BCUT2D eigenvalue weighted by Gasteiger charge is 2.11. The van der Waals surface area contributed by atoms with E-state index in [4.69, 9.17) is 17.3 Å². The molecule has 0 spiro atoms. The van der Waals surface area contributed by atoms with E-state index in [2.05, 4.69) is 0 Å². The molecule has 2 nitrogen and oxygen atoms in total. The van der Waals surface area contributed by atoms with Gasteiger partial charge in [0.1, 0.15) is 0 Å². The summed E-state index contributed by atoms with van der Waals surface area (Å²) in [5.74, 6) is 0.0125. The van der Waals surface area contributed by atoms with Crippen molar-refractivity contribution in [2.75, 3.05) is 5.73 Å². The Labute approximate surface area is 111 Å². The van der Waals surface area contributed by atoms with E-state index in [1.54, 1.807) is 18.2 Å². The van der Waals surface area contributed by atoms with Gasteiger partial charge in [-0.2, -0.15) is 0 Å². The number of nitrogen functional groups attached to an aromatic ring is 1. The monoisotopic (exact) mass is 259 g/mol. The number of hydrogen-bond donors (Lipinski definition) is 1. The van der Waals surface area contributed by atoms with E-state index < -0.39 is 0 Å². The van der Waals surface area contributed by atoms with Gasteiger partial charge in [-0.15, -0.1) is 0 Å². The lowest BCUT2D eigenvalue weighted by molar-refractivity contribution is 0.0993. The molecule has 0 heterocycles. The van der Waals surface area contributed by atoms with Crippen molar-refractivity contribution in [3.63, 3.8) is 0 Å². The summed E-state index contributed by atoms with van der Waals surface area (Å²) in [6.45, 7) is 1.99. The highest BCUT2D eigenvalue weighted by molar-refractivity contribution is 6.31. The van der Waals surface area contributed by atoms with Crippen LogP contribution in [0, 0.1) is 6.92 Å². The molecule has 0 aliphatic heterocycles. The van der Waals surface area contributed by atoms with Crippen molar-refractivity contribution >= 4 is 23.1 Å². The number of ketones is 1. The van der Waals surface area contributed by atoms with Crippen LogP contribution in [0.2, 0.25) is 5.02 Å². The Hall–Kier alpha value is -1.80. The molecule has 3 heteroatoms. The van der Waals surface area contributed by atoms with Gasteiger partial charge >= 0.3 is 0 Å². The molecule has 0 bridgehead atoms. The Morgan fingerprint density at radius 3 is 2.61 bits per heavy atom. The van der Waals surface area contributed by atoms with E-state index in [9.17, 15) is 4.79 Å². The lowest BCUT2D eigenvalue weighted by atomic mass is 9.99. The van der Waals surface area contributed by atoms with E-state index in [0.717, 1.165) is 11.1 Å². The summed E-state index contributed by atoms with van der Waals surface area (Å²) in [4.78, 5) is 12.2. The number of aryl methyl sites for hydroxylation is 1. The van der Waals surface area contributed by atoms with Crippen LogP contribution in [-0.2, 0) is 6.42 Å². The first-order chi connectivity index (χ1) is 8.58. The lowest BCUT2D eigenvalue weighted by Crippen LogP contribution is -2.07. The number of nitrogens with two attached hydrogens (primary N) is 1. The number of benzene rings is 2. The highest BCUT2D eigenvalue weighted by atomic mass is 35.5. The van der Waals surface area contributed by atoms with E-state index >= 15 is 0 Å². The number of carbonyl (C=O) groups is 1. The van der Waals surface area contributed by atoms with Gasteiger partial charge in [0.15, 0.2) is 5.78 Å². The molecule has 2 rings (SSSR count). The number of anilines is 1. The second kappa shape index (κ2) is 5.23. The molecule has 0 amide bonds. The van der Waals surface area contributed by atoms with Crippen molar-refractivity contribution in [1.82, 2.24) is 0 Å². The number of rotatable bonds is 3. The molecule has 0 saturated heterocycles. The summed E-state index contributed by atoms with van der Waals surface area (Å²) in [5, 5.41) is 0.542. The number of carbonyl (C=O) groups excluding carboxylic acids is 1. The van der Waals surface area contributed by atoms with Gasteiger partial charge in [0, 0.05) is 22.7 Å². The maximum absolute atomic E-state index is 12.2. The number of hydrogen-bond acceptors (Lipinski definition) is 2. The van der Waals surface area contributed by atoms with Gasteiger partial charge in [-0.25, -0.2) is 0 Å². The molecule has 2 N–H and O–H groups in total. The molecular weight excluding hydrogens is 246 g/mol. The van der Waals surface area contributed by atoms with Crippen molar-refractivity contribution < 1.29 is 4.79 Å². The third-order valence-corrected chi connectivity index (χ3v) is 3.16. The summed E-state index contributed by atoms with van der Waals surface area (Å²) in [6, 6.07) is 12.8. The van der Waals surface area contributed by atoms with Gasteiger partial charge in [-0.05, 0) is 36.2 Å². The van der Waals surface area contributed by atoms with Gasteiger partial charge < -0.3 is 5.73 Å². The molecule has 0 atom stereocenters. The second-order valence-corrected chi connectivity index (χ2v) is 4.69. The SMILES string of the molecule is Cc1ccccc1CC(=O)c1ccc(Cl)cc1N. The van der Waals surface area contributed by atoms with Crippen molar-refractivity contribution in [2.24, 2.45) is 0 Å². The van der Waals surface area contributed by atoms with Gasteiger partial charge in [-0.1, -0.05) is 35.9 Å². The molecule has 0 radical (unpaired) electrons. The molecule has 2 aromatic rings. The first kappa shape index (κ1) is 12.7. The maximum atomic E-state index is 12.2. The highest BCUT2D eigenvalue weighted by Crippen LogP contribution is 2.20. The smallest absolute Gasteiger partial charge is 0.169 e. The first-order valence-electron chi connectivity index (χ1n) is 5.70. The fourth-order valence-electron chi connectivity index (χ4n) is 1.86. The van der Waals surface area contributed by atoms with Crippen LogP contribution < -0.4 is 5.73 Å². The van der Waals surface area contributed by atoms with E-state index in [-0.39, 0.29) is 5.78 Å². The van der Waals surface area contributed by atoms with Gasteiger partial charge in [-0.3, -0.25) is 4.79 Å². The second-order valence-electron chi connectivity index (χ2n) is 4.26. The number of halogens is 1. The zero-order valence-corrected chi connectivity index (χ0v) is 10.9. The Morgan fingerprint density at radius 2 is 1.94 bits per heavy atom. The van der Waals surface area contributed by atoms with E-state index in [1.165, 1.54) is 0 Å². The van der Waals surface area contributed by atoms with Crippen LogP contribution >= 0.6 is 11.6 Å². The van der Waals surface area contributed by atoms with Crippen molar-refractivity contribution in [2.45, 2.75) is 13.3 Å². The summed E-state index contributed by atoms with van der Waals surface area (Å²) in [5.41, 5.74) is 8.90. The zero-order chi connectivity index (χ0) is 13.1. The summed E-state index contributed by atoms with van der Waals surface area (Å²) in [6.07, 6.45) is 0.360. The van der Waals surface area contributed by atoms with Crippen LogP contribution in [0.25, 0.3) is 0 Å². The fraction of sp³-hybridized carbons (Fsp3) is 0.133. The predicted molar refractivity (Wildman–Crippen MR) is 75.1 cm³/mol. The summed E-state index contributed by atoms with van der Waals surface area (Å²) < 4.78 is 0. The predicted octanol–water partition coefficient (Wildman–Crippen LogP) is 3.66. The third kappa shape index (κ3) is 2.71. The van der Waals surface area contributed by atoms with Crippen LogP contribution in [-0.4, -0.2) is 5.78 Å². The minimum atomic E-state index is 0.0125. The fourth-order valence-corrected chi connectivity index (χ4v) is 2.04. The molecule has 18 heavy (non-hydrogen) atoms. The zero-order valence-electron chi connectivity index (χ0n) is 10.1. The van der Waals surface area contributed by atoms with Crippen LogP contribution in [0.15, 0.2) is 42.5 Å². The number of Topliss-reactive ketones (excluding diaryl/α,β-unsaturated/α-hetero) is 1. The first-order valence-corrected chi connectivity index (χ1v) is 6.08. The average molecular weight is 260 g/mol. The maximum Gasteiger partial charge on any atom is 0.169 e. The molecule has 92 valence electrons. The molecule has 0 aromatic heterocycles. The third-order valence-electron chi connectivity index (χ3n) is 2.93. The Morgan fingerprint density at radius 1 is 1.22 bits per heavy atom. The standard InChI is InChI=1S/C15H14ClNO/c1-10-4-2-3-5-11(10)8-15(18)13-7-6-12(16)9-14(13)17/h2-7,9H,8,17H2,1H3. The molecule has 2 aromatic carbocycles. The topological polar surface area (TPSA) is 43.1 Å². The van der Waals surface area contributed by atoms with Crippen molar-refractivity contribution in [3.8, 4) is 0 Å². The molecule has 0 aliphatic rings. The van der Waals surface area contributed by atoms with Crippen LogP contribution in [0.4, 0.5) is 5.69 Å². The molecule has 0 fully saturated rings. The van der Waals surface area contributed by atoms with Crippen LogP contribution in [0.1, 0.15) is 21.5 Å². The molecular formula is C15H14ClNO. The molecule has 0 aliphatic carbocycles. The molecule has 0 saturated carbocycles. The van der Waals surface area contributed by atoms with E-state index in [0.29, 0.717) is 22.7 Å². The minimum absolute atomic E-state index is 0.0125. The lowest BCUT2D eigenvalue weighted by Gasteiger charge is -2.07. The van der Waals surface area contributed by atoms with E-state index in [1.807, 2.05) is 31.2 Å². The van der Waals surface area contributed by atoms with Crippen LogP contribution in [0.3, 0.4) is 0 Å². The quantitative estimate of drug-likeness (QED) is 0.675. The van der Waals surface area contributed by atoms with Crippen molar-refractivity contribution in [1.29, 1.82) is 0 Å². The Kier molecular flexibility index (Phi) is 3.68. The average Bonchev–Trinajstić information content (AvgIpc) is 2.32. The Bertz CT molecular complexity index is 593. The molecule has 0 unspecified atom stereocenters. The normalized spacial score (nSPS) is 10.3. The van der Waals surface area contributed by atoms with Crippen molar-refractivity contribution in [3.05, 3.63) is 64.2 Å². The van der Waals surface area contributed by atoms with Gasteiger partial charge in [0.25, 0.3) is 0 Å². The van der Waals surface area contributed by atoms with Gasteiger partial charge in [0.05, 0.1) is 0 Å². The van der Waals surface area contributed by atoms with Gasteiger partial charge in [0.2, 0.25) is 0 Å². The summed E-state index contributed by atoms with van der Waals surface area (Å²) >= 11 is 5.82. The minimum Gasteiger partial charge on any atom is -0.398 e.